The summed E-state index contributed by atoms with van der Waals surface area (Å²) in [6.07, 6.45) is 4.50. The molecule has 1 aliphatic rings. The maximum atomic E-state index is 5.70. The van der Waals surface area contributed by atoms with Gasteiger partial charge in [-0.25, -0.2) is 4.98 Å². The van der Waals surface area contributed by atoms with Crippen LogP contribution in [0.3, 0.4) is 0 Å². The summed E-state index contributed by atoms with van der Waals surface area (Å²) in [4.78, 5) is 7.08. The van der Waals surface area contributed by atoms with Gasteiger partial charge in [0.2, 0.25) is 0 Å². The van der Waals surface area contributed by atoms with Crippen molar-refractivity contribution in [2.24, 2.45) is 12.8 Å². The fourth-order valence-corrected chi connectivity index (χ4v) is 4.11. The van der Waals surface area contributed by atoms with E-state index in [9.17, 15) is 0 Å². The molecule has 152 valence electrons. The van der Waals surface area contributed by atoms with Gasteiger partial charge >= 0.3 is 0 Å². The average Bonchev–Trinajstić information content (AvgIpc) is 3.19. The Morgan fingerprint density at radius 2 is 2.03 bits per heavy atom. The van der Waals surface area contributed by atoms with E-state index in [0.717, 1.165) is 66.9 Å². The van der Waals surface area contributed by atoms with Crippen molar-refractivity contribution < 1.29 is 0 Å². The van der Waals surface area contributed by atoms with Crippen LogP contribution in [0.2, 0.25) is 0 Å². The molecule has 0 aliphatic carbocycles. The van der Waals surface area contributed by atoms with Crippen molar-refractivity contribution in [1.82, 2.24) is 24.5 Å². The van der Waals surface area contributed by atoms with Crippen LogP contribution in [-0.2, 0) is 26.6 Å². The Bertz CT molecular complexity index is 1100. The normalized spacial score (nSPS) is 13.7. The molecule has 0 radical (unpaired) electrons. The minimum Gasteiger partial charge on any atom is -0.403 e. The smallest absolute Gasteiger partial charge is 0.159 e. The first-order chi connectivity index (χ1) is 13.8. The van der Waals surface area contributed by atoms with Gasteiger partial charge in [0, 0.05) is 49.2 Å². The number of rotatable bonds is 6. The molecule has 2 N–H and O–H groups in total. The van der Waals surface area contributed by atoms with Crippen molar-refractivity contribution in [2.75, 3.05) is 11.4 Å². The van der Waals surface area contributed by atoms with Gasteiger partial charge in [-0.3, -0.25) is 9.36 Å². The molecule has 1 aliphatic heterocycles. The van der Waals surface area contributed by atoms with Gasteiger partial charge < -0.3 is 10.6 Å². The molecular weight excluding hydrogens is 362 g/mol. The Kier molecular flexibility index (Phi) is 4.90. The molecule has 0 atom stereocenters. The van der Waals surface area contributed by atoms with E-state index in [4.69, 9.17) is 10.8 Å². The number of nitrogens with zero attached hydrogens (tertiary/aromatic N) is 6. The lowest BCUT2D eigenvalue weighted by molar-refractivity contribution is 0.598. The first kappa shape index (κ1) is 19.2. The minimum absolute atomic E-state index is 0.704. The lowest BCUT2D eigenvalue weighted by Gasteiger charge is -2.30. The van der Waals surface area contributed by atoms with E-state index >= 15 is 0 Å². The lowest BCUT2D eigenvalue weighted by Crippen LogP contribution is -2.31. The summed E-state index contributed by atoms with van der Waals surface area (Å²) in [5, 5.41) is 10.3. The highest BCUT2D eigenvalue weighted by atomic mass is 15.3. The number of aromatic nitrogens is 5. The second kappa shape index (κ2) is 7.39. The number of nitrogens with two attached hydrogens (primary N) is 1. The highest BCUT2D eigenvalue weighted by Gasteiger charge is 2.25. The second-order valence-electron chi connectivity index (χ2n) is 8.04. The Balaban J connectivity index is 1.59. The van der Waals surface area contributed by atoms with Crippen molar-refractivity contribution in [3.63, 3.8) is 0 Å². The van der Waals surface area contributed by atoms with Gasteiger partial charge in [0.1, 0.15) is 0 Å². The molecule has 0 saturated carbocycles. The third kappa shape index (κ3) is 3.64. The molecule has 0 saturated heterocycles. The van der Waals surface area contributed by atoms with E-state index in [1.807, 2.05) is 24.9 Å². The highest BCUT2D eigenvalue weighted by molar-refractivity contribution is 5.89. The third-order valence-electron chi connectivity index (χ3n) is 5.66. The zero-order valence-electron chi connectivity index (χ0n) is 17.6. The number of allylic oxidation sites excluding steroid dienone is 2. The molecule has 29 heavy (non-hydrogen) atoms. The first-order valence-electron chi connectivity index (χ1n) is 10.0. The number of hydrogen-bond acceptors (Lipinski definition) is 5. The quantitative estimate of drug-likeness (QED) is 0.653. The zero-order chi connectivity index (χ0) is 20.7. The van der Waals surface area contributed by atoms with Crippen LogP contribution in [0.25, 0.3) is 11.0 Å². The van der Waals surface area contributed by atoms with Crippen LogP contribution < -0.4 is 10.6 Å². The number of hydrogen-bond donors (Lipinski definition) is 1. The molecule has 3 aromatic heterocycles. The predicted octanol–water partition coefficient (Wildman–Crippen LogP) is 3.15. The van der Waals surface area contributed by atoms with E-state index in [1.165, 1.54) is 16.9 Å². The zero-order valence-corrected chi connectivity index (χ0v) is 17.6. The van der Waals surface area contributed by atoms with Gasteiger partial charge in [-0.1, -0.05) is 18.7 Å². The molecule has 0 aromatic carbocycles. The number of anilines is 1. The van der Waals surface area contributed by atoms with Gasteiger partial charge in [0.05, 0.1) is 29.5 Å². The summed E-state index contributed by atoms with van der Waals surface area (Å²) in [7, 11) is 1.94. The summed E-state index contributed by atoms with van der Waals surface area (Å²) in [6, 6.07) is 2.16. The molecule has 7 nitrogen and oxygen atoms in total. The minimum atomic E-state index is 0.704. The predicted molar refractivity (Wildman–Crippen MR) is 117 cm³/mol. The molecule has 3 aromatic rings. The standard InChI is InChI=1S/C22H29N7/c1-14(6-7-15(2)23)12-29-20-8-9-28(13-19(20)17(4)26-29)21-10-16(3)25-22-18(21)11-24-27(22)5/h10-11H,1-2,6-9,12-13,23H2,3-5H3. The topological polar surface area (TPSA) is 77.8 Å². The van der Waals surface area contributed by atoms with Crippen molar-refractivity contribution >= 4 is 16.7 Å². The van der Waals surface area contributed by atoms with Gasteiger partial charge in [0.15, 0.2) is 5.65 Å². The lowest BCUT2D eigenvalue weighted by atomic mass is 10.0. The van der Waals surface area contributed by atoms with Crippen LogP contribution in [0.1, 0.15) is 35.5 Å². The molecular formula is C22H29N7. The van der Waals surface area contributed by atoms with Gasteiger partial charge in [-0.2, -0.15) is 10.2 Å². The molecule has 0 fully saturated rings. The van der Waals surface area contributed by atoms with E-state index in [1.54, 1.807) is 0 Å². The molecule has 0 spiro atoms. The summed E-state index contributed by atoms with van der Waals surface area (Å²) < 4.78 is 3.97. The van der Waals surface area contributed by atoms with Crippen molar-refractivity contribution in [3.8, 4) is 0 Å². The van der Waals surface area contributed by atoms with Gasteiger partial charge in [-0.15, -0.1) is 0 Å². The fraction of sp³-hybridized carbons (Fsp3) is 0.409. The first-order valence-corrected chi connectivity index (χ1v) is 10.0. The third-order valence-corrected chi connectivity index (χ3v) is 5.66. The van der Waals surface area contributed by atoms with E-state index in [2.05, 4.69) is 45.8 Å². The Morgan fingerprint density at radius 3 is 2.79 bits per heavy atom. The summed E-state index contributed by atoms with van der Waals surface area (Å²) in [5.74, 6) is 0. The summed E-state index contributed by atoms with van der Waals surface area (Å²) >= 11 is 0. The molecule has 0 amide bonds. The Labute approximate surface area is 171 Å². The molecule has 0 bridgehead atoms. The Hall–Kier alpha value is -3.09. The summed E-state index contributed by atoms with van der Waals surface area (Å²) in [5.41, 5.74) is 14.4. The maximum absolute atomic E-state index is 5.70. The molecule has 4 heterocycles. The monoisotopic (exact) mass is 391 g/mol. The largest absolute Gasteiger partial charge is 0.403 e. The van der Waals surface area contributed by atoms with E-state index in [-0.39, 0.29) is 0 Å². The van der Waals surface area contributed by atoms with Crippen molar-refractivity contribution in [1.29, 1.82) is 0 Å². The van der Waals surface area contributed by atoms with Crippen molar-refractivity contribution in [3.05, 3.63) is 59.3 Å². The van der Waals surface area contributed by atoms with Crippen LogP contribution >= 0.6 is 0 Å². The number of pyridine rings is 1. The van der Waals surface area contributed by atoms with Gasteiger partial charge in [0.25, 0.3) is 0 Å². The molecule has 4 rings (SSSR count). The summed E-state index contributed by atoms with van der Waals surface area (Å²) in [6.45, 7) is 14.6. The Morgan fingerprint density at radius 1 is 1.24 bits per heavy atom. The van der Waals surface area contributed by atoms with Crippen LogP contribution in [0.15, 0.2) is 36.7 Å². The van der Waals surface area contributed by atoms with E-state index in [0.29, 0.717) is 5.70 Å². The fourth-order valence-electron chi connectivity index (χ4n) is 4.11. The van der Waals surface area contributed by atoms with E-state index < -0.39 is 0 Å². The number of aryl methyl sites for hydroxylation is 3. The SMILES string of the molecule is C=C(N)CCC(=C)Cn1nc(C)c2c1CCN(c1cc(C)nc3c1cnn3C)C2. The van der Waals surface area contributed by atoms with Crippen LogP contribution in [-0.4, -0.2) is 31.1 Å². The molecule has 0 unspecified atom stereocenters. The van der Waals surface area contributed by atoms with Crippen LogP contribution in [0.4, 0.5) is 5.69 Å². The van der Waals surface area contributed by atoms with Crippen molar-refractivity contribution in [2.45, 2.75) is 46.2 Å². The maximum Gasteiger partial charge on any atom is 0.159 e. The highest BCUT2D eigenvalue weighted by Crippen LogP contribution is 2.32. The number of fused-ring (bicyclic) bond motifs is 2. The second-order valence-corrected chi connectivity index (χ2v) is 8.04. The average molecular weight is 392 g/mol. The molecule has 7 heteroatoms. The van der Waals surface area contributed by atoms with Gasteiger partial charge in [-0.05, 0) is 32.8 Å². The van der Waals surface area contributed by atoms with Crippen LogP contribution in [0, 0.1) is 13.8 Å². The van der Waals surface area contributed by atoms with Crippen LogP contribution in [0.5, 0.6) is 0 Å².